The summed E-state index contributed by atoms with van der Waals surface area (Å²) in [5, 5.41) is 16.8. The Morgan fingerprint density at radius 3 is 2.53 bits per heavy atom. The van der Waals surface area contributed by atoms with Gasteiger partial charge in [-0.1, -0.05) is 20.8 Å². The number of rotatable bonds is 4. The zero-order chi connectivity index (χ0) is 14.6. The molecule has 1 aliphatic heterocycles. The van der Waals surface area contributed by atoms with Crippen LogP contribution in [-0.4, -0.2) is 41.6 Å². The van der Waals surface area contributed by atoms with Gasteiger partial charge in [0.15, 0.2) is 0 Å². The van der Waals surface area contributed by atoms with E-state index in [-0.39, 0.29) is 11.9 Å². The fourth-order valence-electron chi connectivity index (χ4n) is 1.88. The first kappa shape index (κ1) is 15.3. The molecule has 4 N–H and O–H groups in total. The molecule has 1 heterocycles. The van der Waals surface area contributed by atoms with E-state index in [1.807, 2.05) is 0 Å². The third kappa shape index (κ3) is 4.76. The first-order valence-corrected chi connectivity index (χ1v) is 6.26. The highest BCUT2D eigenvalue weighted by Gasteiger charge is 2.32. The highest BCUT2D eigenvalue weighted by atomic mass is 16.4. The Kier molecular flexibility index (Phi) is 4.74. The number of carboxylic acid groups (broad SMARTS) is 1. The SMILES string of the molecule is CC(C)(C)C(NC(=O)NCC1CCC(=O)N1)C(=O)O. The van der Waals surface area contributed by atoms with E-state index in [0.717, 1.165) is 0 Å². The molecule has 1 saturated heterocycles. The number of urea groups is 1. The van der Waals surface area contributed by atoms with Crippen molar-refractivity contribution < 1.29 is 19.5 Å². The predicted molar refractivity (Wildman–Crippen MR) is 68.6 cm³/mol. The Bertz CT molecular complexity index is 376. The summed E-state index contributed by atoms with van der Waals surface area (Å²) in [4.78, 5) is 33.7. The highest BCUT2D eigenvalue weighted by molar-refractivity contribution is 5.83. The van der Waals surface area contributed by atoms with E-state index in [0.29, 0.717) is 19.4 Å². The Morgan fingerprint density at radius 1 is 1.47 bits per heavy atom. The standard InChI is InChI=1S/C12H21N3O4/c1-12(2,3)9(10(17)18)15-11(19)13-6-7-4-5-8(16)14-7/h7,9H,4-6H2,1-3H3,(H,14,16)(H,17,18)(H2,13,15,19). The second kappa shape index (κ2) is 5.90. The quantitative estimate of drug-likeness (QED) is 0.580. The lowest BCUT2D eigenvalue weighted by molar-refractivity contribution is -0.141. The highest BCUT2D eigenvalue weighted by Crippen LogP contribution is 2.19. The fourth-order valence-corrected chi connectivity index (χ4v) is 1.88. The third-order valence-corrected chi connectivity index (χ3v) is 2.98. The zero-order valence-electron chi connectivity index (χ0n) is 11.4. The van der Waals surface area contributed by atoms with Crippen LogP contribution in [0.5, 0.6) is 0 Å². The average Bonchev–Trinajstić information content (AvgIpc) is 2.67. The zero-order valence-corrected chi connectivity index (χ0v) is 11.4. The molecule has 0 aliphatic carbocycles. The van der Waals surface area contributed by atoms with Crippen molar-refractivity contribution in [3.05, 3.63) is 0 Å². The van der Waals surface area contributed by atoms with Crippen molar-refractivity contribution in [2.45, 2.75) is 45.7 Å². The Hall–Kier alpha value is -1.79. The minimum atomic E-state index is -1.07. The van der Waals surface area contributed by atoms with Crippen LogP contribution in [0.4, 0.5) is 4.79 Å². The Balaban J connectivity index is 2.41. The molecule has 0 radical (unpaired) electrons. The van der Waals surface area contributed by atoms with Gasteiger partial charge in [-0.05, 0) is 11.8 Å². The second-order valence-corrected chi connectivity index (χ2v) is 5.79. The smallest absolute Gasteiger partial charge is 0.326 e. The van der Waals surface area contributed by atoms with E-state index in [1.54, 1.807) is 20.8 Å². The molecular weight excluding hydrogens is 250 g/mol. The Morgan fingerprint density at radius 2 is 2.11 bits per heavy atom. The summed E-state index contributed by atoms with van der Waals surface area (Å²) < 4.78 is 0. The molecule has 7 nitrogen and oxygen atoms in total. The van der Waals surface area contributed by atoms with Crippen molar-refractivity contribution in [3.63, 3.8) is 0 Å². The van der Waals surface area contributed by atoms with Gasteiger partial charge in [0.1, 0.15) is 6.04 Å². The summed E-state index contributed by atoms with van der Waals surface area (Å²) in [6.45, 7) is 5.52. The van der Waals surface area contributed by atoms with Crippen LogP contribution in [0.1, 0.15) is 33.6 Å². The van der Waals surface area contributed by atoms with E-state index in [1.165, 1.54) is 0 Å². The average molecular weight is 271 g/mol. The van der Waals surface area contributed by atoms with E-state index >= 15 is 0 Å². The molecule has 1 aliphatic rings. The predicted octanol–water partition coefficient (Wildman–Crippen LogP) is 0.0635. The van der Waals surface area contributed by atoms with Gasteiger partial charge in [-0.15, -0.1) is 0 Å². The van der Waals surface area contributed by atoms with Crippen LogP contribution < -0.4 is 16.0 Å². The van der Waals surface area contributed by atoms with Gasteiger partial charge >= 0.3 is 12.0 Å². The van der Waals surface area contributed by atoms with E-state index < -0.39 is 23.5 Å². The molecular formula is C12H21N3O4. The van der Waals surface area contributed by atoms with Crippen LogP contribution in [-0.2, 0) is 9.59 Å². The maximum atomic E-state index is 11.6. The molecule has 3 amide bonds. The molecule has 1 rings (SSSR count). The van der Waals surface area contributed by atoms with Crippen molar-refractivity contribution in [1.29, 1.82) is 0 Å². The fraction of sp³-hybridized carbons (Fsp3) is 0.750. The lowest BCUT2D eigenvalue weighted by Crippen LogP contribution is -2.53. The molecule has 108 valence electrons. The number of aliphatic carboxylic acids is 1. The number of carbonyl (C=O) groups is 3. The van der Waals surface area contributed by atoms with Gasteiger partial charge in [-0.2, -0.15) is 0 Å². The van der Waals surface area contributed by atoms with Crippen LogP contribution in [0.25, 0.3) is 0 Å². The summed E-state index contributed by atoms with van der Waals surface area (Å²) in [7, 11) is 0. The number of carboxylic acids is 1. The molecule has 2 unspecified atom stereocenters. The van der Waals surface area contributed by atoms with Gasteiger partial charge in [-0.3, -0.25) is 4.79 Å². The number of hydrogen-bond donors (Lipinski definition) is 4. The van der Waals surface area contributed by atoms with Crippen LogP contribution in [0.3, 0.4) is 0 Å². The van der Waals surface area contributed by atoms with Gasteiger partial charge in [0.25, 0.3) is 0 Å². The number of hydrogen-bond acceptors (Lipinski definition) is 3. The van der Waals surface area contributed by atoms with Gasteiger partial charge < -0.3 is 21.1 Å². The summed E-state index contributed by atoms with van der Waals surface area (Å²) in [6, 6.07) is -1.58. The molecule has 0 aromatic rings. The number of carbonyl (C=O) groups excluding carboxylic acids is 2. The summed E-state index contributed by atoms with van der Waals surface area (Å²) >= 11 is 0. The molecule has 2 atom stereocenters. The third-order valence-electron chi connectivity index (χ3n) is 2.98. The maximum Gasteiger partial charge on any atom is 0.326 e. The van der Waals surface area contributed by atoms with E-state index in [9.17, 15) is 14.4 Å². The molecule has 1 fully saturated rings. The largest absolute Gasteiger partial charge is 0.480 e. The maximum absolute atomic E-state index is 11.6. The molecule has 0 saturated carbocycles. The monoisotopic (exact) mass is 271 g/mol. The first-order chi connectivity index (χ1) is 8.70. The van der Waals surface area contributed by atoms with Crippen LogP contribution in [0.15, 0.2) is 0 Å². The number of amides is 3. The van der Waals surface area contributed by atoms with E-state index in [2.05, 4.69) is 16.0 Å². The second-order valence-electron chi connectivity index (χ2n) is 5.79. The molecule has 0 spiro atoms. The van der Waals surface area contributed by atoms with Crippen molar-refractivity contribution in [3.8, 4) is 0 Å². The minimum Gasteiger partial charge on any atom is -0.480 e. The van der Waals surface area contributed by atoms with Crippen LogP contribution >= 0.6 is 0 Å². The molecule has 0 aromatic carbocycles. The summed E-state index contributed by atoms with van der Waals surface area (Å²) in [5.74, 6) is -1.10. The van der Waals surface area contributed by atoms with Crippen molar-refractivity contribution in [2.24, 2.45) is 5.41 Å². The van der Waals surface area contributed by atoms with Gasteiger partial charge in [0, 0.05) is 19.0 Å². The van der Waals surface area contributed by atoms with Gasteiger partial charge in [0.2, 0.25) is 5.91 Å². The van der Waals surface area contributed by atoms with Crippen molar-refractivity contribution in [1.82, 2.24) is 16.0 Å². The molecule has 0 aromatic heterocycles. The van der Waals surface area contributed by atoms with Crippen molar-refractivity contribution in [2.75, 3.05) is 6.54 Å². The molecule has 0 bridgehead atoms. The first-order valence-electron chi connectivity index (χ1n) is 6.26. The molecule has 19 heavy (non-hydrogen) atoms. The lowest BCUT2D eigenvalue weighted by Gasteiger charge is -2.28. The van der Waals surface area contributed by atoms with Crippen molar-refractivity contribution >= 4 is 17.9 Å². The minimum absolute atomic E-state index is 0.0229. The lowest BCUT2D eigenvalue weighted by atomic mass is 9.87. The topological polar surface area (TPSA) is 108 Å². The van der Waals surface area contributed by atoms with E-state index in [4.69, 9.17) is 5.11 Å². The van der Waals surface area contributed by atoms with Gasteiger partial charge in [-0.25, -0.2) is 9.59 Å². The van der Waals surface area contributed by atoms with Crippen LogP contribution in [0.2, 0.25) is 0 Å². The summed E-state index contributed by atoms with van der Waals surface area (Å²) in [5.41, 5.74) is -0.579. The number of nitrogens with one attached hydrogen (secondary N) is 3. The Labute approximate surface area is 112 Å². The normalized spacial score (nSPS) is 20.6. The summed E-state index contributed by atoms with van der Waals surface area (Å²) in [6.07, 6.45) is 1.15. The van der Waals surface area contributed by atoms with Crippen LogP contribution in [0, 0.1) is 5.41 Å². The van der Waals surface area contributed by atoms with Gasteiger partial charge in [0.05, 0.1) is 0 Å². The molecule has 7 heteroatoms.